The first-order valence-corrected chi connectivity index (χ1v) is 10.4. The first kappa shape index (κ1) is 22.2. The summed E-state index contributed by atoms with van der Waals surface area (Å²) < 4.78 is 7.35. The molecule has 2 N–H and O–H groups in total. The number of benzene rings is 2. The summed E-state index contributed by atoms with van der Waals surface area (Å²) in [6.07, 6.45) is 1.77. The van der Waals surface area contributed by atoms with Crippen molar-refractivity contribution in [2.75, 3.05) is 18.5 Å². The zero-order chi connectivity index (χ0) is 22.2. The summed E-state index contributed by atoms with van der Waals surface area (Å²) in [5.74, 6) is -0.963. The number of carbonyl (C=O) groups is 3. The van der Waals surface area contributed by atoms with Crippen LogP contribution in [-0.4, -0.2) is 40.7 Å². The van der Waals surface area contributed by atoms with Gasteiger partial charge in [0.1, 0.15) is 0 Å². The monoisotopic (exact) mass is 484 g/mol. The molecule has 160 valence electrons. The Morgan fingerprint density at radius 2 is 1.87 bits per heavy atom. The number of halogens is 1. The highest BCUT2D eigenvalue weighted by Crippen LogP contribution is 2.15. The third-order valence-electron chi connectivity index (χ3n) is 4.21. The van der Waals surface area contributed by atoms with Gasteiger partial charge in [0.2, 0.25) is 5.91 Å². The molecule has 0 radical (unpaired) electrons. The molecule has 0 saturated carbocycles. The fraction of sp³-hybridized carbons (Fsp3) is 0.182. The number of anilines is 1. The number of ether oxygens (including phenoxy) is 1. The quantitative estimate of drug-likeness (QED) is 0.475. The van der Waals surface area contributed by atoms with Crippen LogP contribution in [0.4, 0.5) is 5.69 Å². The highest BCUT2D eigenvalue weighted by molar-refractivity contribution is 9.10. The molecule has 2 aromatic carbocycles. The number of rotatable bonds is 8. The molecule has 0 spiro atoms. The highest BCUT2D eigenvalue weighted by atomic mass is 79.9. The lowest BCUT2D eigenvalue weighted by Crippen LogP contribution is -2.27. The Labute approximate surface area is 187 Å². The van der Waals surface area contributed by atoms with Gasteiger partial charge < -0.3 is 15.4 Å². The van der Waals surface area contributed by atoms with Gasteiger partial charge in [0.25, 0.3) is 5.91 Å². The Bertz CT molecular complexity index is 1080. The van der Waals surface area contributed by atoms with E-state index in [0.717, 1.165) is 4.47 Å². The number of aromatic nitrogens is 2. The van der Waals surface area contributed by atoms with Gasteiger partial charge in [0, 0.05) is 34.9 Å². The minimum atomic E-state index is -0.490. The van der Waals surface area contributed by atoms with E-state index in [1.54, 1.807) is 67.7 Å². The van der Waals surface area contributed by atoms with Gasteiger partial charge in [-0.2, -0.15) is 5.10 Å². The summed E-state index contributed by atoms with van der Waals surface area (Å²) in [6.45, 7) is 2.21. The van der Waals surface area contributed by atoms with Crippen molar-refractivity contribution in [3.05, 3.63) is 76.5 Å². The molecule has 1 aromatic heterocycles. The van der Waals surface area contributed by atoms with Crippen LogP contribution < -0.4 is 10.6 Å². The molecule has 0 aliphatic rings. The summed E-state index contributed by atoms with van der Waals surface area (Å²) in [4.78, 5) is 36.1. The average molecular weight is 485 g/mol. The van der Waals surface area contributed by atoms with Gasteiger partial charge in [0.05, 0.1) is 12.3 Å². The Kier molecular flexibility index (Phi) is 7.55. The zero-order valence-corrected chi connectivity index (χ0v) is 18.4. The molecule has 0 bridgehead atoms. The van der Waals surface area contributed by atoms with Gasteiger partial charge in [-0.15, -0.1) is 0 Å². The van der Waals surface area contributed by atoms with Crippen molar-refractivity contribution in [3.8, 4) is 5.69 Å². The van der Waals surface area contributed by atoms with E-state index >= 15 is 0 Å². The maximum absolute atomic E-state index is 12.2. The minimum Gasteiger partial charge on any atom is -0.461 e. The summed E-state index contributed by atoms with van der Waals surface area (Å²) in [5.41, 5.74) is 1.99. The van der Waals surface area contributed by atoms with Crippen LogP contribution in [0.25, 0.3) is 5.69 Å². The summed E-state index contributed by atoms with van der Waals surface area (Å²) >= 11 is 3.32. The molecule has 3 rings (SSSR count). The van der Waals surface area contributed by atoms with Crippen LogP contribution in [-0.2, 0) is 9.53 Å². The summed E-state index contributed by atoms with van der Waals surface area (Å²) in [6, 6.07) is 15.6. The third-order valence-corrected chi connectivity index (χ3v) is 4.74. The van der Waals surface area contributed by atoms with Crippen molar-refractivity contribution in [1.29, 1.82) is 0 Å². The number of hydrogen-bond acceptors (Lipinski definition) is 5. The predicted molar refractivity (Wildman–Crippen MR) is 119 cm³/mol. The average Bonchev–Trinajstić information content (AvgIpc) is 3.25. The van der Waals surface area contributed by atoms with E-state index in [-0.39, 0.29) is 37.1 Å². The van der Waals surface area contributed by atoms with E-state index in [2.05, 4.69) is 31.7 Å². The van der Waals surface area contributed by atoms with Gasteiger partial charge in [-0.1, -0.05) is 22.0 Å². The predicted octanol–water partition coefficient (Wildman–Crippen LogP) is 3.57. The largest absolute Gasteiger partial charge is 0.461 e. The molecule has 0 aliphatic carbocycles. The molecule has 3 aromatic rings. The van der Waals surface area contributed by atoms with E-state index in [9.17, 15) is 14.4 Å². The number of nitrogens with zero attached hydrogens (tertiary/aromatic N) is 2. The molecule has 0 atom stereocenters. The van der Waals surface area contributed by atoms with Crippen LogP contribution in [0.5, 0.6) is 0 Å². The first-order valence-electron chi connectivity index (χ1n) is 9.63. The molecule has 0 saturated heterocycles. The van der Waals surface area contributed by atoms with Crippen molar-refractivity contribution in [1.82, 2.24) is 15.1 Å². The second kappa shape index (κ2) is 10.5. The number of hydrogen-bond donors (Lipinski definition) is 2. The smallest absolute Gasteiger partial charge is 0.358 e. The third kappa shape index (κ3) is 6.26. The van der Waals surface area contributed by atoms with Gasteiger partial charge in [-0.05, 0) is 55.5 Å². The van der Waals surface area contributed by atoms with Crippen LogP contribution >= 0.6 is 15.9 Å². The van der Waals surface area contributed by atoms with E-state index < -0.39 is 5.97 Å². The van der Waals surface area contributed by atoms with Crippen molar-refractivity contribution in [2.45, 2.75) is 13.3 Å². The van der Waals surface area contributed by atoms with E-state index in [1.807, 2.05) is 0 Å². The Morgan fingerprint density at radius 1 is 1.10 bits per heavy atom. The van der Waals surface area contributed by atoms with Crippen LogP contribution in [0.15, 0.2) is 65.3 Å². The standard InChI is InChI=1S/C22H21BrN4O4/c1-2-31-22(30)19-11-13-27(26-19)18-5-3-4-17(14-18)25-20(28)10-12-24-21(29)15-6-8-16(23)9-7-15/h3-9,11,13-14H,2,10,12H2,1H3,(H,24,29)(H,25,28). The Morgan fingerprint density at radius 3 is 2.61 bits per heavy atom. The number of amides is 2. The lowest BCUT2D eigenvalue weighted by molar-refractivity contribution is -0.116. The number of carbonyl (C=O) groups excluding carboxylic acids is 3. The normalized spacial score (nSPS) is 10.4. The van der Waals surface area contributed by atoms with Crippen molar-refractivity contribution < 1.29 is 19.1 Å². The lowest BCUT2D eigenvalue weighted by atomic mass is 10.2. The lowest BCUT2D eigenvalue weighted by Gasteiger charge is -2.09. The minimum absolute atomic E-state index is 0.126. The van der Waals surface area contributed by atoms with Crippen LogP contribution in [0.1, 0.15) is 34.2 Å². The molecule has 0 unspecified atom stereocenters. The van der Waals surface area contributed by atoms with E-state index in [4.69, 9.17) is 4.74 Å². The second-order valence-corrected chi connectivity index (χ2v) is 7.39. The molecule has 0 aliphatic heterocycles. The van der Waals surface area contributed by atoms with Crippen LogP contribution in [0, 0.1) is 0 Å². The van der Waals surface area contributed by atoms with Gasteiger partial charge in [-0.3, -0.25) is 9.59 Å². The molecular formula is C22H21BrN4O4. The number of nitrogens with one attached hydrogen (secondary N) is 2. The summed E-state index contributed by atoms with van der Waals surface area (Å²) in [7, 11) is 0. The van der Waals surface area contributed by atoms with Gasteiger partial charge >= 0.3 is 5.97 Å². The molecular weight excluding hydrogens is 464 g/mol. The van der Waals surface area contributed by atoms with Crippen LogP contribution in [0.2, 0.25) is 0 Å². The van der Waals surface area contributed by atoms with E-state index in [1.165, 1.54) is 4.68 Å². The van der Waals surface area contributed by atoms with Gasteiger partial charge in [0.15, 0.2) is 5.69 Å². The van der Waals surface area contributed by atoms with Crippen molar-refractivity contribution in [2.24, 2.45) is 0 Å². The highest BCUT2D eigenvalue weighted by Gasteiger charge is 2.12. The van der Waals surface area contributed by atoms with Crippen LogP contribution in [0.3, 0.4) is 0 Å². The maximum Gasteiger partial charge on any atom is 0.358 e. The molecule has 31 heavy (non-hydrogen) atoms. The topological polar surface area (TPSA) is 102 Å². The SMILES string of the molecule is CCOC(=O)c1ccn(-c2cccc(NC(=O)CCNC(=O)c3ccc(Br)cc3)c2)n1. The number of esters is 1. The van der Waals surface area contributed by atoms with Crippen molar-refractivity contribution in [3.63, 3.8) is 0 Å². The fourth-order valence-electron chi connectivity index (χ4n) is 2.72. The molecule has 8 nitrogen and oxygen atoms in total. The maximum atomic E-state index is 12.2. The first-order chi connectivity index (χ1) is 15.0. The second-order valence-electron chi connectivity index (χ2n) is 6.48. The van der Waals surface area contributed by atoms with Gasteiger partial charge in [-0.25, -0.2) is 9.48 Å². The molecule has 0 fully saturated rings. The summed E-state index contributed by atoms with van der Waals surface area (Å²) in [5, 5.41) is 9.72. The fourth-order valence-corrected chi connectivity index (χ4v) is 2.99. The zero-order valence-electron chi connectivity index (χ0n) is 16.8. The van der Waals surface area contributed by atoms with Crippen molar-refractivity contribution >= 4 is 39.4 Å². The molecule has 1 heterocycles. The molecule has 2 amide bonds. The Balaban J connectivity index is 1.53. The van der Waals surface area contributed by atoms with E-state index in [0.29, 0.717) is 16.9 Å². The Hall–Kier alpha value is -3.46. The molecule has 9 heteroatoms.